The largest absolute Gasteiger partial charge is 0.388 e. The van der Waals surface area contributed by atoms with E-state index < -0.39 is 18.2 Å². The molecule has 0 fully saturated rings. The van der Waals surface area contributed by atoms with Crippen LogP contribution in [0.5, 0.6) is 0 Å². The Hall–Kier alpha value is -2.68. The third-order valence-corrected chi connectivity index (χ3v) is 3.72. The highest BCUT2D eigenvalue weighted by Gasteiger charge is 2.42. The zero-order chi connectivity index (χ0) is 15.5. The molecule has 0 saturated heterocycles. The van der Waals surface area contributed by atoms with Crippen molar-refractivity contribution >= 4 is 11.4 Å². The van der Waals surface area contributed by atoms with Gasteiger partial charge in [-0.15, -0.1) is 0 Å². The number of anilines is 1. The van der Waals surface area contributed by atoms with Crippen molar-refractivity contribution in [3.05, 3.63) is 66.2 Å². The van der Waals surface area contributed by atoms with Gasteiger partial charge in [0.15, 0.2) is 6.23 Å². The van der Waals surface area contributed by atoms with Crippen molar-refractivity contribution in [1.82, 2.24) is 0 Å². The number of rotatable bonds is 3. The summed E-state index contributed by atoms with van der Waals surface area (Å²) in [6.07, 6.45) is -2.09. The third kappa shape index (κ3) is 2.46. The summed E-state index contributed by atoms with van der Waals surface area (Å²) in [4.78, 5) is 0. The molecular weight excluding hydrogens is 278 g/mol. The number of benzene rings is 2. The molecular formula is C17H15N3O2. The number of hydrogen-bond donors (Lipinski definition) is 2. The van der Waals surface area contributed by atoms with Gasteiger partial charge in [-0.05, 0) is 17.7 Å². The third-order valence-electron chi connectivity index (χ3n) is 3.72. The average molecular weight is 293 g/mol. The SMILES string of the molecule is N#CC1=NN(c2ccccc2)C(O)C1C(O)c1ccccc1. The smallest absolute Gasteiger partial charge is 0.159 e. The lowest BCUT2D eigenvalue weighted by molar-refractivity contribution is 0.0534. The fourth-order valence-corrected chi connectivity index (χ4v) is 2.59. The number of hydrazone groups is 1. The Morgan fingerprint density at radius 3 is 2.23 bits per heavy atom. The van der Waals surface area contributed by atoms with Crippen LogP contribution in [-0.4, -0.2) is 22.2 Å². The van der Waals surface area contributed by atoms with E-state index in [1.807, 2.05) is 30.3 Å². The molecule has 2 aromatic rings. The van der Waals surface area contributed by atoms with E-state index in [0.717, 1.165) is 0 Å². The van der Waals surface area contributed by atoms with Crippen LogP contribution in [0.25, 0.3) is 0 Å². The molecule has 1 heterocycles. The molecule has 3 rings (SSSR count). The van der Waals surface area contributed by atoms with Gasteiger partial charge >= 0.3 is 0 Å². The Kier molecular flexibility index (Phi) is 3.88. The first-order valence-corrected chi connectivity index (χ1v) is 6.96. The topological polar surface area (TPSA) is 79.9 Å². The van der Waals surface area contributed by atoms with Crippen molar-refractivity contribution in [1.29, 1.82) is 5.26 Å². The van der Waals surface area contributed by atoms with Crippen molar-refractivity contribution in [2.24, 2.45) is 11.0 Å². The van der Waals surface area contributed by atoms with Crippen LogP contribution in [0.4, 0.5) is 5.69 Å². The van der Waals surface area contributed by atoms with Gasteiger partial charge in [-0.2, -0.15) is 10.4 Å². The van der Waals surface area contributed by atoms with Crippen LogP contribution in [0, 0.1) is 17.2 Å². The molecule has 110 valence electrons. The first-order chi connectivity index (χ1) is 10.7. The van der Waals surface area contributed by atoms with Gasteiger partial charge in [-0.1, -0.05) is 48.5 Å². The van der Waals surface area contributed by atoms with Crippen LogP contribution in [0.2, 0.25) is 0 Å². The first kappa shape index (κ1) is 14.3. The fourth-order valence-electron chi connectivity index (χ4n) is 2.59. The summed E-state index contributed by atoms with van der Waals surface area (Å²) in [5, 5.41) is 35.9. The van der Waals surface area contributed by atoms with Gasteiger partial charge in [-0.25, -0.2) is 5.01 Å². The minimum absolute atomic E-state index is 0.118. The van der Waals surface area contributed by atoms with Gasteiger partial charge in [0.25, 0.3) is 0 Å². The van der Waals surface area contributed by atoms with Crippen molar-refractivity contribution in [2.45, 2.75) is 12.3 Å². The lowest BCUT2D eigenvalue weighted by Gasteiger charge is -2.25. The summed E-state index contributed by atoms with van der Waals surface area (Å²) < 4.78 is 0. The molecule has 2 N–H and O–H groups in total. The molecule has 1 aliphatic heterocycles. The molecule has 0 saturated carbocycles. The van der Waals surface area contributed by atoms with Crippen LogP contribution in [0.3, 0.4) is 0 Å². The van der Waals surface area contributed by atoms with E-state index in [4.69, 9.17) is 0 Å². The molecule has 0 amide bonds. The van der Waals surface area contributed by atoms with E-state index in [9.17, 15) is 15.5 Å². The molecule has 2 aromatic carbocycles. The second-order valence-electron chi connectivity index (χ2n) is 5.07. The highest BCUT2D eigenvalue weighted by atomic mass is 16.3. The Balaban J connectivity index is 1.93. The normalized spacial score (nSPS) is 22.0. The predicted octanol–water partition coefficient (Wildman–Crippen LogP) is 2.05. The lowest BCUT2D eigenvalue weighted by atomic mass is 9.91. The number of hydrogen-bond acceptors (Lipinski definition) is 5. The Bertz CT molecular complexity index is 710. The maximum absolute atomic E-state index is 10.5. The van der Waals surface area contributed by atoms with E-state index in [-0.39, 0.29) is 5.71 Å². The van der Waals surface area contributed by atoms with Gasteiger partial charge < -0.3 is 10.2 Å². The second-order valence-corrected chi connectivity index (χ2v) is 5.07. The molecule has 22 heavy (non-hydrogen) atoms. The molecule has 5 heteroatoms. The van der Waals surface area contributed by atoms with Crippen LogP contribution < -0.4 is 5.01 Å². The van der Waals surface area contributed by atoms with E-state index in [1.165, 1.54) is 5.01 Å². The van der Waals surface area contributed by atoms with Gasteiger partial charge in [-0.3, -0.25) is 0 Å². The number of aliphatic hydroxyl groups excluding tert-OH is 2. The molecule has 0 aliphatic carbocycles. The summed E-state index contributed by atoms with van der Waals surface area (Å²) in [5.74, 6) is -0.785. The first-order valence-electron chi connectivity index (χ1n) is 6.96. The standard InChI is InChI=1S/C17H15N3O2/c18-11-14-15(16(21)12-7-3-1-4-8-12)17(22)20(19-14)13-9-5-2-6-10-13/h1-10,15-17,21-22H. The Labute approximate surface area is 128 Å². The minimum Gasteiger partial charge on any atom is -0.388 e. The zero-order valence-electron chi connectivity index (χ0n) is 11.7. The highest BCUT2D eigenvalue weighted by Crippen LogP contribution is 2.34. The Morgan fingerprint density at radius 1 is 1.05 bits per heavy atom. The van der Waals surface area contributed by atoms with Crippen molar-refractivity contribution in [3.8, 4) is 6.07 Å². The molecule has 3 unspecified atom stereocenters. The van der Waals surface area contributed by atoms with Gasteiger partial charge in [0.1, 0.15) is 11.8 Å². The lowest BCUT2D eigenvalue weighted by Crippen LogP contribution is -2.36. The molecule has 5 nitrogen and oxygen atoms in total. The molecule has 1 aliphatic rings. The quantitative estimate of drug-likeness (QED) is 0.907. The molecule has 3 atom stereocenters. The summed E-state index contributed by atoms with van der Waals surface area (Å²) in [5.41, 5.74) is 1.43. The molecule has 0 radical (unpaired) electrons. The number of nitriles is 1. The van der Waals surface area contributed by atoms with E-state index in [1.54, 1.807) is 36.4 Å². The molecule has 0 spiro atoms. The highest BCUT2D eigenvalue weighted by molar-refractivity contribution is 6.03. The Morgan fingerprint density at radius 2 is 1.64 bits per heavy atom. The minimum atomic E-state index is -1.09. The number of para-hydroxylation sites is 1. The van der Waals surface area contributed by atoms with Gasteiger partial charge in [0.2, 0.25) is 0 Å². The van der Waals surface area contributed by atoms with Crippen LogP contribution >= 0.6 is 0 Å². The summed E-state index contributed by atoms with van der Waals surface area (Å²) in [6, 6.07) is 20.0. The fraction of sp³-hybridized carbons (Fsp3) is 0.176. The number of nitrogens with zero attached hydrogens (tertiary/aromatic N) is 3. The predicted molar refractivity (Wildman–Crippen MR) is 82.9 cm³/mol. The van der Waals surface area contributed by atoms with E-state index in [0.29, 0.717) is 11.3 Å². The van der Waals surface area contributed by atoms with Crippen molar-refractivity contribution in [2.75, 3.05) is 5.01 Å². The van der Waals surface area contributed by atoms with Crippen molar-refractivity contribution < 1.29 is 10.2 Å². The summed E-state index contributed by atoms with van der Waals surface area (Å²) in [7, 11) is 0. The van der Waals surface area contributed by atoms with Crippen LogP contribution in [0.15, 0.2) is 65.8 Å². The monoisotopic (exact) mass is 293 g/mol. The second kappa shape index (κ2) is 5.98. The van der Waals surface area contributed by atoms with Crippen LogP contribution in [0.1, 0.15) is 11.7 Å². The van der Waals surface area contributed by atoms with E-state index in [2.05, 4.69) is 5.10 Å². The van der Waals surface area contributed by atoms with Gasteiger partial charge in [0.05, 0.1) is 17.7 Å². The van der Waals surface area contributed by atoms with Gasteiger partial charge in [0, 0.05) is 0 Å². The molecule has 0 bridgehead atoms. The number of aliphatic hydroxyl groups is 2. The zero-order valence-corrected chi connectivity index (χ0v) is 11.7. The maximum atomic E-state index is 10.5. The summed E-state index contributed by atoms with van der Waals surface area (Å²) in [6.45, 7) is 0. The average Bonchev–Trinajstić information content (AvgIpc) is 2.92. The maximum Gasteiger partial charge on any atom is 0.159 e. The van der Waals surface area contributed by atoms with E-state index >= 15 is 0 Å². The summed E-state index contributed by atoms with van der Waals surface area (Å²) >= 11 is 0. The molecule has 0 aromatic heterocycles. The van der Waals surface area contributed by atoms with Crippen molar-refractivity contribution in [3.63, 3.8) is 0 Å². The van der Waals surface area contributed by atoms with Crippen LogP contribution in [-0.2, 0) is 0 Å².